The minimum atomic E-state index is -3.63. The number of fused-ring (bicyclic) bond motifs is 1. The van der Waals surface area contributed by atoms with Gasteiger partial charge in [0, 0.05) is 35.3 Å². The predicted octanol–water partition coefficient (Wildman–Crippen LogP) is 3.83. The van der Waals surface area contributed by atoms with Crippen LogP contribution < -0.4 is 10.2 Å². The number of benzene rings is 2. The van der Waals surface area contributed by atoms with E-state index in [4.69, 9.17) is 11.6 Å². The lowest BCUT2D eigenvalue weighted by Crippen LogP contribution is -2.35. The van der Waals surface area contributed by atoms with Crippen LogP contribution in [-0.4, -0.2) is 32.0 Å². The third-order valence-corrected chi connectivity index (χ3v) is 6.85. The van der Waals surface area contributed by atoms with Gasteiger partial charge in [-0.2, -0.15) is 0 Å². The summed E-state index contributed by atoms with van der Waals surface area (Å²) in [6, 6.07) is 11.5. The molecule has 0 bridgehead atoms. The van der Waals surface area contributed by atoms with Crippen LogP contribution in [0.4, 0.5) is 11.4 Å². The van der Waals surface area contributed by atoms with E-state index >= 15 is 0 Å². The van der Waals surface area contributed by atoms with E-state index in [9.17, 15) is 18.0 Å². The Hall–Kier alpha value is -2.38. The van der Waals surface area contributed by atoms with E-state index in [1.54, 1.807) is 48.2 Å². The standard InChI is InChI=1S/C21H23ClN2O4S/c1-3-21(26)24-14(2)11-15-12-18(7-8-19(15)24)29(27,28)10-9-20(25)23-17-6-4-5-16(22)13-17/h4-8,12-14H,3,9-11H2,1-2H3,(H,23,25)/t14-/m0/s1. The Morgan fingerprint density at radius 3 is 2.66 bits per heavy atom. The van der Waals surface area contributed by atoms with Gasteiger partial charge in [0.1, 0.15) is 0 Å². The maximum absolute atomic E-state index is 12.7. The summed E-state index contributed by atoms with van der Waals surface area (Å²) in [7, 11) is -3.63. The van der Waals surface area contributed by atoms with Crippen LogP contribution in [0.25, 0.3) is 0 Å². The number of carbonyl (C=O) groups excluding carboxylic acids is 2. The Labute approximate surface area is 175 Å². The Morgan fingerprint density at radius 2 is 1.97 bits per heavy atom. The number of hydrogen-bond acceptors (Lipinski definition) is 4. The van der Waals surface area contributed by atoms with Gasteiger partial charge in [-0.05, 0) is 55.3 Å². The molecule has 2 aromatic carbocycles. The molecule has 0 fully saturated rings. The summed E-state index contributed by atoms with van der Waals surface area (Å²) in [5.41, 5.74) is 2.12. The molecule has 6 nitrogen and oxygen atoms in total. The highest BCUT2D eigenvalue weighted by molar-refractivity contribution is 7.91. The molecule has 29 heavy (non-hydrogen) atoms. The zero-order valence-electron chi connectivity index (χ0n) is 16.3. The normalized spacial score (nSPS) is 15.8. The van der Waals surface area contributed by atoms with E-state index in [1.807, 2.05) is 6.92 Å². The van der Waals surface area contributed by atoms with Crippen molar-refractivity contribution in [2.24, 2.45) is 0 Å². The average Bonchev–Trinajstić information content (AvgIpc) is 3.01. The first-order valence-corrected chi connectivity index (χ1v) is 11.5. The quantitative estimate of drug-likeness (QED) is 0.748. The highest BCUT2D eigenvalue weighted by Crippen LogP contribution is 2.34. The third-order valence-electron chi connectivity index (χ3n) is 4.90. The Bertz CT molecular complexity index is 1050. The lowest BCUT2D eigenvalue weighted by Gasteiger charge is -2.22. The van der Waals surface area contributed by atoms with Crippen molar-refractivity contribution in [3.63, 3.8) is 0 Å². The lowest BCUT2D eigenvalue weighted by molar-refractivity contribution is -0.118. The molecule has 1 heterocycles. The topological polar surface area (TPSA) is 83.6 Å². The van der Waals surface area contributed by atoms with E-state index in [2.05, 4.69) is 5.32 Å². The fraction of sp³-hybridized carbons (Fsp3) is 0.333. The molecule has 1 atom stereocenters. The molecule has 0 aromatic heterocycles. The second kappa shape index (κ2) is 8.55. The van der Waals surface area contributed by atoms with Crippen molar-refractivity contribution in [3.05, 3.63) is 53.1 Å². The summed E-state index contributed by atoms with van der Waals surface area (Å²) >= 11 is 5.88. The number of nitrogens with zero attached hydrogens (tertiary/aromatic N) is 1. The summed E-state index contributed by atoms with van der Waals surface area (Å²) in [5.74, 6) is -0.680. The molecule has 2 aromatic rings. The van der Waals surface area contributed by atoms with Gasteiger partial charge in [0.05, 0.1) is 10.6 Å². The largest absolute Gasteiger partial charge is 0.326 e. The van der Waals surface area contributed by atoms with Crippen molar-refractivity contribution in [1.82, 2.24) is 0 Å². The first-order valence-electron chi connectivity index (χ1n) is 9.44. The third kappa shape index (κ3) is 4.79. The Morgan fingerprint density at radius 1 is 1.21 bits per heavy atom. The summed E-state index contributed by atoms with van der Waals surface area (Å²) in [5, 5.41) is 3.13. The summed E-state index contributed by atoms with van der Waals surface area (Å²) < 4.78 is 25.4. The lowest BCUT2D eigenvalue weighted by atomic mass is 10.1. The monoisotopic (exact) mass is 434 g/mol. The average molecular weight is 435 g/mol. The molecule has 1 aliphatic rings. The molecule has 1 N–H and O–H groups in total. The van der Waals surface area contributed by atoms with Gasteiger partial charge in [0.25, 0.3) is 0 Å². The van der Waals surface area contributed by atoms with Crippen LogP contribution in [0.15, 0.2) is 47.4 Å². The van der Waals surface area contributed by atoms with Crippen LogP contribution >= 0.6 is 11.6 Å². The van der Waals surface area contributed by atoms with Gasteiger partial charge >= 0.3 is 0 Å². The predicted molar refractivity (Wildman–Crippen MR) is 114 cm³/mol. The molecule has 0 aliphatic carbocycles. The molecule has 1 aliphatic heterocycles. The maximum atomic E-state index is 12.7. The van der Waals surface area contributed by atoms with Crippen molar-refractivity contribution in [1.29, 1.82) is 0 Å². The Kier molecular flexibility index (Phi) is 6.29. The van der Waals surface area contributed by atoms with Crippen LogP contribution in [0.3, 0.4) is 0 Å². The fourth-order valence-electron chi connectivity index (χ4n) is 3.49. The van der Waals surface area contributed by atoms with Gasteiger partial charge in [-0.25, -0.2) is 8.42 Å². The zero-order valence-corrected chi connectivity index (χ0v) is 17.9. The van der Waals surface area contributed by atoms with Crippen LogP contribution in [0.1, 0.15) is 32.3 Å². The Balaban J connectivity index is 1.70. The number of nitrogens with one attached hydrogen (secondary N) is 1. The molecule has 2 amide bonds. The van der Waals surface area contributed by atoms with Gasteiger partial charge in [-0.3, -0.25) is 9.59 Å². The van der Waals surface area contributed by atoms with Gasteiger partial charge in [0.2, 0.25) is 11.8 Å². The van der Waals surface area contributed by atoms with Crippen molar-refractivity contribution >= 4 is 44.6 Å². The summed E-state index contributed by atoms with van der Waals surface area (Å²) in [4.78, 5) is 26.2. The number of amides is 2. The SMILES string of the molecule is CCC(=O)N1c2ccc(S(=O)(=O)CCC(=O)Nc3cccc(Cl)c3)cc2C[C@@H]1C. The molecule has 0 saturated carbocycles. The molecular formula is C21H23ClN2O4S. The number of halogens is 1. The van der Waals surface area contributed by atoms with E-state index < -0.39 is 15.7 Å². The van der Waals surface area contributed by atoms with E-state index in [0.29, 0.717) is 23.6 Å². The van der Waals surface area contributed by atoms with E-state index in [1.165, 1.54) is 6.07 Å². The molecule has 0 radical (unpaired) electrons. The van der Waals surface area contributed by atoms with Crippen molar-refractivity contribution < 1.29 is 18.0 Å². The fourth-order valence-corrected chi connectivity index (χ4v) is 4.96. The molecular weight excluding hydrogens is 412 g/mol. The molecule has 0 saturated heterocycles. The summed E-state index contributed by atoms with van der Waals surface area (Å²) in [6.45, 7) is 3.75. The molecule has 0 unspecified atom stereocenters. The number of carbonyl (C=O) groups is 2. The smallest absolute Gasteiger partial charge is 0.226 e. The number of hydrogen-bond donors (Lipinski definition) is 1. The molecule has 154 valence electrons. The van der Waals surface area contributed by atoms with E-state index in [0.717, 1.165) is 11.3 Å². The molecule has 3 rings (SSSR count). The first kappa shape index (κ1) is 21.3. The van der Waals surface area contributed by atoms with Crippen LogP contribution in [-0.2, 0) is 25.8 Å². The summed E-state index contributed by atoms with van der Waals surface area (Å²) in [6.07, 6.45) is 0.841. The zero-order chi connectivity index (χ0) is 21.2. The van der Waals surface area contributed by atoms with E-state index in [-0.39, 0.29) is 29.0 Å². The van der Waals surface area contributed by atoms with Crippen molar-refractivity contribution in [2.75, 3.05) is 16.0 Å². The van der Waals surface area contributed by atoms with Gasteiger partial charge in [-0.1, -0.05) is 24.6 Å². The molecule has 8 heteroatoms. The van der Waals surface area contributed by atoms with Crippen molar-refractivity contribution in [2.45, 2.75) is 44.0 Å². The highest BCUT2D eigenvalue weighted by Gasteiger charge is 2.31. The van der Waals surface area contributed by atoms with Gasteiger partial charge in [-0.15, -0.1) is 0 Å². The number of sulfone groups is 1. The van der Waals surface area contributed by atoms with Gasteiger partial charge < -0.3 is 10.2 Å². The minimum absolute atomic E-state index is 0.00104. The minimum Gasteiger partial charge on any atom is -0.326 e. The highest BCUT2D eigenvalue weighted by atomic mass is 35.5. The number of anilines is 2. The van der Waals surface area contributed by atoms with Crippen LogP contribution in [0.2, 0.25) is 5.02 Å². The second-order valence-corrected chi connectivity index (χ2v) is 9.63. The first-order chi connectivity index (χ1) is 13.7. The van der Waals surface area contributed by atoms with Crippen molar-refractivity contribution in [3.8, 4) is 0 Å². The van der Waals surface area contributed by atoms with Crippen LogP contribution in [0.5, 0.6) is 0 Å². The maximum Gasteiger partial charge on any atom is 0.226 e. The number of rotatable bonds is 6. The second-order valence-electron chi connectivity index (χ2n) is 7.09. The van der Waals surface area contributed by atoms with Crippen LogP contribution in [0, 0.1) is 0 Å². The van der Waals surface area contributed by atoms with Gasteiger partial charge in [0.15, 0.2) is 9.84 Å². The molecule has 0 spiro atoms.